The van der Waals surface area contributed by atoms with Crippen LogP contribution in [0.1, 0.15) is 39.5 Å². The lowest BCUT2D eigenvalue weighted by molar-refractivity contribution is -0.136. The Labute approximate surface area is 131 Å². The van der Waals surface area contributed by atoms with Crippen molar-refractivity contribution in [3.05, 3.63) is 0 Å². The van der Waals surface area contributed by atoms with E-state index < -0.39 is 0 Å². The number of hydrogen-bond acceptors (Lipinski definition) is 3. The van der Waals surface area contributed by atoms with Gasteiger partial charge in [-0.05, 0) is 39.5 Å². The zero-order chi connectivity index (χ0) is 15.2. The first-order valence-corrected chi connectivity index (χ1v) is 9.15. The Kier molecular flexibility index (Phi) is 6.21. The number of amides is 3. The number of hydrogen-bond donors (Lipinski definition) is 2. The lowest BCUT2D eigenvalue weighted by Gasteiger charge is -2.34. The summed E-state index contributed by atoms with van der Waals surface area (Å²) in [5.41, 5.74) is 0. The van der Waals surface area contributed by atoms with E-state index in [1.54, 1.807) is 0 Å². The van der Waals surface area contributed by atoms with Gasteiger partial charge in [0.05, 0.1) is 0 Å². The average Bonchev–Trinajstić information content (AvgIpc) is 2.47. The molecule has 0 unspecified atom stereocenters. The van der Waals surface area contributed by atoms with Crippen molar-refractivity contribution < 1.29 is 9.59 Å². The summed E-state index contributed by atoms with van der Waals surface area (Å²) in [6, 6.07) is 0.275. The molecule has 0 atom stereocenters. The van der Waals surface area contributed by atoms with Crippen LogP contribution in [0.5, 0.6) is 0 Å². The SMILES string of the molecule is CC(C)NC(=O)NC1CCC(C(=O)N2CCSCC2)CC1. The summed E-state index contributed by atoms with van der Waals surface area (Å²) in [4.78, 5) is 26.2. The summed E-state index contributed by atoms with van der Waals surface area (Å²) in [5.74, 6) is 2.63. The van der Waals surface area contributed by atoms with Crippen molar-refractivity contribution in [2.75, 3.05) is 24.6 Å². The predicted octanol–water partition coefficient (Wildman–Crippen LogP) is 1.83. The van der Waals surface area contributed by atoms with E-state index in [2.05, 4.69) is 10.6 Å². The van der Waals surface area contributed by atoms with Crippen molar-refractivity contribution in [2.45, 2.75) is 51.6 Å². The third-order valence-corrected chi connectivity index (χ3v) is 5.10. The van der Waals surface area contributed by atoms with Gasteiger partial charge in [-0.25, -0.2) is 4.79 Å². The Hall–Kier alpha value is -0.910. The van der Waals surface area contributed by atoms with Gasteiger partial charge in [-0.3, -0.25) is 4.79 Å². The van der Waals surface area contributed by atoms with Crippen LogP contribution in [-0.2, 0) is 4.79 Å². The molecule has 2 rings (SSSR count). The maximum Gasteiger partial charge on any atom is 0.315 e. The second-order valence-corrected chi connectivity index (χ2v) is 7.48. The second-order valence-electron chi connectivity index (χ2n) is 6.26. The fraction of sp³-hybridized carbons (Fsp3) is 0.867. The molecule has 120 valence electrons. The minimum atomic E-state index is -0.0900. The van der Waals surface area contributed by atoms with Gasteiger partial charge in [0, 0.05) is 42.6 Å². The molecule has 1 saturated heterocycles. The van der Waals surface area contributed by atoms with Crippen molar-refractivity contribution in [3.63, 3.8) is 0 Å². The average molecular weight is 313 g/mol. The third-order valence-electron chi connectivity index (χ3n) is 4.15. The summed E-state index contributed by atoms with van der Waals surface area (Å²) >= 11 is 1.93. The summed E-state index contributed by atoms with van der Waals surface area (Å²) < 4.78 is 0. The Balaban J connectivity index is 1.72. The second kappa shape index (κ2) is 7.92. The maximum absolute atomic E-state index is 12.4. The normalized spacial score (nSPS) is 26.5. The Morgan fingerprint density at radius 1 is 1.10 bits per heavy atom. The fourth-order valence-corrected chi connectivity index (χ4v) is 3.92. The highest BCUT2D eigenvalue weighted by atomic mass is 32.2. The maximum atomic E-state index is 12.4. The van der Waals surface area contributed by atoms with Crippen molar-refractivity contribution in [1.82, 2.24) is 15.5 Å². The van der Waals surface area contributed by atoms with Crippen molar-refractivity contribution >= 4 is 23.7 Å². The topological polar surface area (TPSA) is 61.4 Å². The van der Waals surface area contributed by atoms with Crippen molar-refractivity contribution in [1.29, 1.82) is 0 Å². The minimum absolute atomic E-state index is 0.0900. The number of nitrogens with zero attached hydrogens (tertiary/aromatic N) is 1. The van der Waals surface area contributed by atoms with Gasteiger partial charge in [-0.2, -0.15) is 11.8 Å². The van der Waals surface area contributed by atoms with E-state index in [0.717, 1.165) is 50.3 Å². The molecule has 5 nitrogen and oxygen atoms in total. The number of thioether (sulfide) groups is 1. The molecular formula is C15H27N3O2S. The monoisotopic (exact) mass is 313 g/mol. The number of rotatable bonds is 3. The molecule has 1 aliphatic heterocycles. The van der Waals surface area contributed by atoms with E-state index in [9.17, 15) is 9.59 Å². The van der Waals surface area contributed by atoms with Crippen LogP contribution in [0.4, 0.5) is 4.79 Å². The summed E-state index contributed by atoms with van der Waals surface area (Å²) in [6.45, 7) is 5.70. The molecule has 1 aliphatic carbocycles. The van der Waals surface area contributed by atoms with Gasteiger partial charge < -0.3 is 15.5 Å². The highest BCUT2D eigenvalue weighted by Gasteiger charge is 2.30. The van der Waals surface area contributed by atoms with Crippen molar-refractivity contribution in [3.8, 4) is 0 Å². The van der Waals surface area contributed by atoms with Gasteiger partial charge in [-0.1, -0.05) is 0 Å². The lowest BCUT2D eigenvalue weighted by Crippen LogP contribution is -2.47. The molecule has 0 bridgehead atoms. The third kappa shape index (κ3) is 5.09. The van der Waals surface area contributed by atoms with Gasteiger partial charge in [0.25, 0.3) is 0 Å². The van der Waals surface area contributed by atoms with Crippen LogP contribution in [0.3, 0.4) is 0 Å². The van der Waals surface area contributed by atoms with E-state index >= 15 is 0 Å². The molecule has 1 saturated carbocycles. The standard InChI is InChI=1S/C15H27N3O2S/c1-11(2)16-15(20)17-13-5-3-12(4-6-13)14(19)18-7-9-21-10-8-18/h11-13H,3-10H2,1-2H3,(H2,16,17,20). The van der Waals surface area contributed by atoms with E-state index in [-0.39, 0.29) is 24.0 Å². The molecule has 1 heterocycles. The number of nitrogens with one attached hydrogen (secondary N) is 2. The number of urea groups is 1. The zero-order valence-electron chi connectivity index (χ0n) is 13.1. The summed E-state index contributed by atoms with van der Waals surface area (Å²) in [5, 5.41) is 5.86. The van der Waals surface area contributed by atoms with Gasteiger partial charge in [-0.15, -0.1) is 0 Å². The molecule has 2 aliphatic rings. The summed E-state index contributed by atoms with van der Waals surface area (Å²) in [7, 11) is 0. The molecule has 6 heteroatoms. The first-order chi connectivity index (χ1) is 10.1. The van der Waals surface area contributed by atoms with Crippen LogP contribution in [0.2, 0.25) is 0 Å². The van der Waals surface area contributed by atoms with E-state index in [1.807, 2.05) is 30.5 Å². The van der Waals surface area contributed by atoms with Gasteiger partial charge >= 0.3 is 6.03 Å². The quantitative estimate of drug-likeness (QED) is 0.835. The van der Waals surface area contributed by atoms with Crippen molar-refractivity contribution in [2.24, 2.45) is 5.92 Å². The first-order valence-electron chi connectivity index (χ1n) is 8.00. The van der Waals surface area contributed by atoms with E-state index in [0.29, 0.717) is 5.91 Å². The molecule has 0 aromatic rings. The molecular weight excluding hydrogens is 286 g/mol. The molecule has 0 radical (unpaired) electrons. The van der Waals surface area contributed by atoms with Crippen LogP contribution < -0.4 is 10.6 Å². The minimum Gasteiger partial charge on any atom is -0.341 e. The molecule has 0 aromatic carbocycles. The molecule has 2 fully saturated rings. The first kappa shape index (κ1) is 16.5. The molecule has 21 heavy (non-hydrogen) atoms. The van der Waals surface area contributed by atoms with Crippen LogP contribution in [0.25, 0.3) is 0 Å². The van der Waals surface area contributed by atoms with Crippen LogP contribution in [-0.4, -0.2) is 53.5 Å². The Morgan fingerprint density at radius 2 is 1.71 bits per heavy atom. The zero-order valence-corrected chi connectivity index (χ0v) is 13.9. The van der Waals surface area contributed by atoms with E-state index in [1.165, 1.54) is 0 Å². The molecule has 3 amide bonds. The molecule has 2 N–H and O–H groups in total. The largest absolute Gasteiger partial charge is 0.341 e. The molecule has 0 aromatic heterocycles. The predicted molar refractivity (Wildman–Crippen MR) is 86.5 cm³/mol. The highest BCUT2D eigenvalue weighted by Crippen LogP contribution is 2.27. The van der Waals surface area contributed by atoms with Gasteiger partial charge in [0.2, 0.25) is 5.91 Å². The smallest absolute Gasteiger partial charge is 0.315 e. The lowest BCUT2D eigenvalue weighted by atomic mass is 9.85. The summed E-state index contributed by atoms with van der Waals surface area (Å²) in [6.07, 6.45) is 3.61. The van der Waals surface area contributed by atoms with Gasteiger partial charge in [0.15, 0.2) is 0 Å². The van der Waals surface area contributed by atoms with E-state index in [4.69, 9.17) is 0 Å². The van der Waals surface area contributed by atoms with Crippen LogP contribution >= 0.6 is 11.8 Å². The van der Waals surface area contributed by atoms with Crippen LogP contribution in [0, 0.1) is 5.92 Å². The number of carbonyl (C=O) groups is 2. The van der Waals surface area contributed by atoms with Gasteiger partial charge in [0.1, 0.15) is 0 Å². The molecule has 0 spiro atoms. The fourth-order valence-electron chi connectivity index (χ4n) is 3.02. The highest BCUT2D eigenvalue weighted by molar-refractivity contribution is 7.99. The number of carbonyl (C=O) groups excluding carboxylic acids is 2. The Morgan fingerprint density at radius 3 is 2.29 bits per heavy atom. The Bertz CT molecular complexity index is 362. The van der Waals surface area contributed by atoms with Crippen LogP contribution in [0.15, 0.2) is 0 Å².